The number of fused-ring (bicyclic) bond motifs is 1. The Morgan fingerprint density at radius 1 is 1.21 bits per heavy atom. The zero-order valence-corrected chi connectivity index (χ0v) is 13.7. The normalized spacial score (nSPS) is 17.7. The first-order valence-electron chi connectivity index (χ1n) is 8.08. The lowest BCUT2D eigenvalue weighted by Crippen LogP contribution is -2.33. The molecule has 6 nitrogen and oxygen atoms in total. The Morgan fingerprint density at radius 3 is 2.79 bits per heavy atom. The van der Waals surface area contributed by atoms with Gasteiger partial charge in [-0.1, -0.05) is 30.3 Å². The second-order valence-electron chi connectivity index (χ2n) is 6.16. The van der Waals surface area contributed by atoms with Crippen molar-refractivity contribution in [1.29, 1.82) is 0 Å². The van der Waals surface area contributed by atoms with Crippen molar-refractivity contribution in [1.82, 2.24) is 20.0 Å². The number of aryl methyl sites for hydroxylation is 2. The van der Waals surface area contributed by atoms with E-state index in [4.69, 9.17) is 0 Å². The quantitative estimate of drug-likeness (QED) is 0.776. The van der Waals surface area contributed by atoms with Crippen LogP contribution in [0.25, 0.3) is 11.0 Å². The molecule has 4 rings (SSSR count). The van der Waals surface area contributed by atoms with Crippen LogP contribution in [0.4, 0.5) is 5.82 Å². The van der Waals surface area contributed by atoms with E-state index >= 15 is 0 Å². The lowest BCUT2D eigenvalue weighted by Gasteiger charge is -2.26. The van der Waals surface area contributed by atoms with Crippen molar-refractivity contribution in [3.05, 3.63) is 53.5 Å². The molecular formula is C18H19N5O. The Morgan fingerprint density at radius 2 is 2.00 bits per heavy atom. The lowest BCUT2D eigenvalue weighted by atomic mass is 10.1. The molecule has 2 aromatic heterocycles. The van der Waals surface area contributed by atoms with Crippen LogP contribution in [0.3, 0.4) is 0 Å². The van der Waals surface area contributed by atoms with Gasteiger partial charge in [-0.2, -0.15) is 0 Å². The van der Waals surface area contributed by atoms with E-state index in [1.54, 1.807) is 5.01 Å². The third-order valence-electron chi connectivity index (χ3n) is 4.71. The zero-order valence-electron chi connectivity index (χ0n) is 13.7. The molecule has 0 radical (unpaired) electrons. The summed E-state index contributed by atoms with van der Waals surface area (Å²) in [4.78, 5) is 24.3. The number of rotatable bonds is 3. The van der Waals surface area contributed by atoms with E-state index in [9.17, 15) is 4.79 Å². The van der Waals surface area contributed by atoms with E-state index in [2.05, 4.69) is 32.5 Å². The van der Waals surface area contributed by atoms with Crippen LogP contribution in [0.15, 0.2) is 36.7 Å². The first-order chi connectivity index (χ1) is 11.6. The molecule has 2 N–H and O–H groups in total. The largest absolute Gasteiger partial charge is 0.343 e. The van der Waals surface area contributed by atoms with Crippen molar-refractivity contribution < 1.29 is 4.79 Å². The van der Waals surface area contributed by atoms with Crippen molar-refractivity contribution in [3.63, 3.8) is 0 Å². The van der Waals surface area contributed by atoms with E-state index in [1.807, 2.05) is 32.0 Å². The molecule has 24 heavy (non-hydrogen) atoms. The predicted octanol–water partition coefficient (Wildman–Crippen LogP) is 3.27. The number of nitrogens with one attached hydrogen (secondary N) is 2. The van der Waals surface area contributed by atoms with Gasteiger partial charge in [0.25, 0.3) is 0 Å². The standard InChI is InChI=1S/C18H19N5O/c1-11-12(2)21-17-16(11)18(20-10-19-17)22-23-14(8-9-15(23)24)13-6-4-3-5-7-13/h3-7,10,14H,8-9H2,1-2H3,(H2,19,20,21,22). The fourth-order valence-electron chi connectivity index (χ4n) is 3.31. The summed E-state index contributed by atoms with van der Waals surface area (Å²) in [5.41, 5.74) is 7.31. The molecular weight excluding hydrogens is 302 g/mol. The molecule has 122 valence electrons. The second kappa shape index (κ2) is 5.63. The molecule has 0 saturated carbocycles. The number of hydrogen-bond donors (Lipinski definition) is 2. The monoisotopic (exact) mass is 321 g/mol. The summed E-state index contributed by atoms with van der Waals surface area (Å²) < 4.78 is 0. The summed E-state index contributed by atoms with van der Waals surface area (Å²) in [6, 6.07) is 10.1. The van der Waals surface area contributed by atoms with Gasteiger partial charge in [-0.3, -0.25) is 10.2 Å². The number of nitrogens with zero attached hydrogens (tertiary/aromatic N) is 3. The van der Waals surface area contributed by atoms with E-state index in [-0.39, 0.29) is 11.9 Å². The van der Waals surface area contributed by atoms with Crippen molar-refractivity contribution >= 4 is 22.8 Å². The van der Waals surface area contributed by atoms with E-state index in [0.717, 1.165) is 34.3 Å². The number of aromatic amines is 1. The Labute approximate surface area is 139 Å². The number of carbonyl (C=O) groups excluding carboxylic acids is 1. The van der Waals surface area contributed by atoms with Gasteiger partial charge in [-0.25, -0.2) is 15.0 Å². The van der Waals surface area contributed by atoms with Gasteiger partial charge in [-0.15, -0.1) is 0 Å². The van der Waals surface area contributed by atoms with E-state index in [1.165, 1.54) is 6.33 Å². The molecule has 1 aliphatic heterocycles. The highest BCUT2D eigenvalue weighted by molar-refractivity contribution is 5.92. The van der Waals surface area contributed by atoms with E-state index < -0.39 is 0 Å². The number of H-pyrrole nitrogens is 1. The first-order valence-corrected chi connectivity index (χ1v) is 8.08. The predicted molar refractivity (Wildman–Crippen MR) is 92.2 cm³/mol. The third-order valence-corrected chi connectivity index (χ3v) is 4.71. The summed E-state index contributed by atoms with van der Waals surface area (Å²) >= 11 is 0. The third kappa shape index (κ3) is 2.31. The minimum atomic E-state index is 0.0176. The smallest absolute Gasteiger partial charge is 0.241 e. The van der Waals surface area contributed by atoms with Crippen LogP contribution in [-0.4, -0.2) is 25.9 Å². The number of hydrogen-bond acceptors (Lipinski definition) is 4. The summed E-state index contributed by atoms with van der Waals surface area (Å²) in [6.07, 6.45) is 2.85. The average molecular weight is 321 g/mol. The van der Waals surface area contributed by atoms with Crippen LogP contribution < -0.4 is 5.43 Å². The first kappa shape index (κ1) is 14.7. The van der Waals surface area contributed by atoms with Gasteiger partial charge in [0.1, 0.15) is 12.0 Å². The number of anilines is 1. The highest BCUT2D eigenvalue weighted by Gasteiger charge is 2.33. The zero-order chi connectivity index (χ0) is 16.7. The Balaban J connectivity index is 1.72. The molecule has 1 saturated heterocycles. The summed E-state index contributed by atoms with van der Waals surface area (Å²) in [7, 11) is 0. The van der Waals surface area contributed by atoms with Gasteiger partial charge >= 0.3 is 0 Å². The molecule has 1 amide bonds. The van der Waals surface area contributed by atoms with Crippen LogP contribution in [0.2, 0.25) is 0 Å². The number of hydrazine groups is 1. The van der Waals surface area contributed by atoms with Gasteiger partial charge in [-0.05, 0) is 31.4 Å². The van der Waals surface area contributed by atoms with E-state index in [0.29, 0.717) is 12.2 Å². The van der Waals surface area contributed by atoms with Gasteiger partial charge in [0.2, 0.25) is 5.91 Å². The fourth-order valence-corrected chi connectivity index (χ4v) is 3.31. The molecule has 3 heterocycles. The van der Waals surface area contributed by atoms with Crippen molar-refractivity contribution in [2.45, 2.75) is 32.7 Å². The SMILES string of the molecule is Cc1[nH]c2ncnc(NN3C(=O)CCC3c3ccccc3)c2c1C. The molecule has 0 bridgehead atoms. The molecule has 1 unspecified atom stereocenters. The summed E-state index contributed by atoms with van der Waals surface area (Å²) in [6.45, 7) is 4.04. The molecule has 1 aliphatic rings. The molecule has 0 aliphatic carbocycles. The van der Waals surface area contributed by atoms with Gasteiger partial charge in [0, 0.05) is 12.1 Å². The second-order valence-corrected chi connectivity index (χ2v) is 6.16. The molecule has 1 aromatic carbocycles. The number of carbonyl (C=O) groups is 1. The van der Waals surface area contributed by atoms with Crippen LogP contribution in [0, 0.1) is 13.8 Å². The molecule has 3 aromatic rings. The van der Waals surface area contributed by atoms with Gasteiger partial charge < -0.3 is 4.98 Å². The van der Waals surface area contributed by atoms with Crippen LogP contribution in [-0.2, 0) is 4.79 Å². The summed E-state index contributed by atoms with van der Waals surface area (Å²) in [5.74, 6) is 0.749. The minimum Gasteiger partial charge on any atom is -0.343 e. The van der Waals surface area contributed by atoms with Crippen molar-refractivity contribution in [3.8, 4) is 0 Å². The van der Waals surface area contributed by atoms with Crippen molar-refractivity contribution in [2.75, 3.05) is 5.43 Å². The number of benzene rings is 1. The average Bonchev–Trinajstić information content (AvgIpc) is 3.10. The van der Waals surface area contributed by atoms with Crippen molar-refractivity contribution in [2.24, 2.45) is 0 Å². The highest BCUT2D eigenvalue weighted by atomic mass is 16.2. The number of aromatic nitrogens is 3. The maximum atomic E-state index is 12.4. The fraction of sp³-hybridized carbons (Fsp3) is 0.278. The summed E-state index contributed by atoms with van der Waals surface area (Å²) in [5, 5.41) is 2.64. The minimum absolute atomic E-state index is 0.0176. The van der Waals surface area contributed by atoms with Gasteiger partial charge in [0.15, 0.2) is 5.82 Å². The Hall–Kier alpha value is -2.89. The van der Waals surface area contributed by atoms with Gasteiger partial charge in [0.05, 0.1) is 11.4 Å². The Bertz CT molecular complexity index is 902. The maximum absolute atomic E-state index is 12.4. The number of amides is 1. The molecule has 6 heteroatoms. The van der Waals surface area contributed by atoms with Crippen LogP contribution >= 0.6 is 0 Å². The highest BCUT2D eigenvalue weighted by Crippen LogP contribution is 2.34. The molecule has 1 atom stereocenters. The van der Waals surface area contributed by atoms with Crippen LogP contribution in [0.5, 0.6) is 0 Å². The van der Waals surface area contributed by atoms with Crippen LogP contribution in [0.1, 0.15) is 35.7 Å². The Kier molecular flexibility index (Phi) is 3.45. The topological polar surface area (TPSA) is 73.9 Å². The maximum Gasteiger partial charge on any atom is 0.241 e. The molecule has 1 fully saturated rings. The molecule has 0 spiro atoms. The lowest BCUT2D eigenvalue weighted by molar-refractivity contribution is -0.127.